The number of primary sulfonamides is 1. The summed E-state index contributed by atoms with van der Waals surface area (Å²) >= 11 is 0. The lowest BCUT2D eigenvalue weighted by molar-refractivity contribution is 0.117. The number of likely N-dealkylation sites (tertiary alicyclic amines) is 1. The van der Waals surface area contributed by atoms with Gasteiger partial charge in [0.15, 0.2) is 10.9 Å². The van der Waals surface area contributed by atoms with E-state index in [1.54, 1.807) is 12.1 Å². The van der Waals surface area contributed by atoms with Crippen LogP contribution in [0.4, 0.5) is 10.6 Å². The minimum Gasteiger partial charge on any atom is -0.465 e. The molecule has 0 aliphatic carbocycles. The maximum Gasteiger partial charge on any atom is 0.407 e. The molecule has 0 saturated carbocycles. The molecule has 12 nitrogen and oxygen atoms in total. The molecule has 164 valence electrons. The first-order valence-electron chi connectivity index (χ1n) is 9.54. The Hall–Kier alpha value is -2.80. The normalized spacial score (nSPS) is 18.5. The second kappa shape index (κ2) is 8.52. The highest BCUT2D eigenvalue weighted by Gasteiger charge is 2.40. The van der Waals surface area contributed by atoms with Gasteiger partial charge in [-0.05, 0) is 61.6 Å². The Balaban J connectivity index is 1.69. The number of aromatic nitrogens is 5. The van der Waals surface area contributed by atoms with Gasteiger partial charge in [0, 0.05) is 18.6 Å². The Bertz CT molecular complexity index is 979. The molecule has 30 heavy (non-hydrogen) atoms. The topological polar surface area (TPSA) is 171 Å². The Labute approximate surface area is 174 Å². The molecule has 0 radical (unpaired) electrons. The van der Waals surface area contributed by atoms with Crippen LogP contribution in [0.2, 0.25) is 0 Å². The van der Waals surface area contributed by atoms with Crippen LogP contribution in [-0.2, 0) is 16.6 Å². The number of hydrogen-bond acceptors (Lipinski definition) is 8. The summed E-state index contributed by atoms with van der Waals surface area (Å²) in [4.78, 5) is 19.0. The van der Waals surface area contributed by atoms with Crippen LogP contribution in [0, 0.1) is 5.92 Å². The first-order valence-corrected chi connectivity index (χ1v) is 11.1. The van der Waals surface area contributed by atoms with Gasteiger partial charge >= 0.3 is 6.09 Å². The standard InChI is InChI=1S/C17H26N8O4S/c1-17(2)9-12(10-25(17)16(26)27)5-4-8-24(11-13-20-22-23-21-13)14-6-3-7-15(19-14)30(18,28)29/h3,6-7,12H,4-5,8-11H2,1-2H3,(H,26,27)(H2,18,28,29)(H,20,21,22,23)/t12-/m0/s1. The predicted octanol–water partition coefficient (Wildman–Crippen LogP) is 0.807. The van der Waals surface area contributed by atoms with Crippen molar-refractivity contribution >= 4 is 21.9 Å². The van der Waals surface area contributed by atoms with E-state index in [0.717, 1.165) is 19.3 Å². The van der Waals surface area contributed by atoms with Gasteiger partial charge in [0.25, 0.3) is 10.0 Å². The van der Waals surface area contributed by atoms with Crippen LogP contribution in [0.25, 0.3) is 0 Å². The summed E-state index contributed by atoms with van der Waals surface area (Å²) < 4.78 is 23.3. The van der Waals surface area contributed by atoms with Gasteiger partial charge in [0.1, 0.15) is 5.82 Å². The summed E-state index contributed by atoms with van der Waals surface area (Å²) in [5.74, 6) is 1.21. The number of pyridine rings is 1. The first-order chi connectivity index (χ1) is 14.1. The number of anilines is 1. The van der Waals surface area contributed by atoms with E-state index in [-0.39, 0.29) is 16.5 Å². The second-order valence-corrected chi connectivity index (χ2v) is 9.57. The third-order valence-corrected chi connectivity index (χ3v) is 6.10. The molecule has 1 saturated heterocycles. The third kappa shape index (κ3) is 5.21. The van der Waals surface area contributed by atoms with Gasteiger partial charge in [-0.1, -0.05) is 6.07 Å². The number of carboxylic acid groups (broad SMARTS) is 1. The van der Waals surface area contributed by atoms with Crippen molar-refractivity contribution in [3.63, 3.8) is 0 Å². The molecule has 4 N–H and O–H groups in total. The zero-order chi connectivity index (χ0) is 21.9. The van der Waals surface area contributed by atoms with Crippen molar-refractivity contribution in [2.75, 3.05) is 18.0 Å². The predicted molar refractivity (Wildman–Crippen MR) is 107 cm³/mol. The zero-order valence-electron chi connectivity index (χ0n) is 16.9. The monoisotopic (exact) mass is 438 g/mol. The SMILES string of the molecule is CC1(C)C[C@H](CCCN(Cc2nnn[nH]2)c2cccc(S(N)(=O)=O)n2)CN1C(=O)O. The molecular formula is C17H26N8O4S. The largest absolute Gasteiger partial charge is 0.465 e. The summed E-state index contributed by atoms with van der Waals surface area (Å²) in [6.45, 7) is 5.25. The number of nitrogens with two attached hydrogens (primary N) is 1. The third-order valence-electron chi connectivity index (χ3n) is 5.29. The fourth-order valence-corrected chi connectivity index (χ4v) is 4.42. The van der Waals surface area contributed by atoms with Crippen molar-refractivity contribution in [2.45, 2.75) is 50.2 Å². The highest BCUT2D eigenvalue weighted by molar-refractivity contribution is 7.89. The summed E-state index contributed by atoms with van der Waals surface area (Å²) in [5, 5.41) is 28.1. The number of amides is 1. The van der Waals surface area contributed by atoms with Crippen molar-refractivity contribution in [3.05, 3.63) is 24.0 Å². The molecule has 1 aliphatic rings. The van der Waals surface area contributed by atoms with E-state index < -0.39 is 16.1 Å². The summed E-state index contributed by atoms with van der Waals surface area (Å²) in [6, 6.07) is 4.62. The van der Waals surface area contributed by atoms with Gasteiger partial charge in [-0.2, -0.15) is 0 Å². The van der Waals surface area contributed by atoms with E-state index in [0.29, 0.717) is 31.3 Å². The molecule has 13 heteroatoms. The molecule has 1 amide bonds. The molecular weight excluding hydrogens is 412 g/mol. The van der Waals surface area contributed by atoms with E-state index in [1.165, 1.54) is 11.0 Å². The molecule has 0 spiro atoms. The Kier molecular flexibility index (Phi) is 6.22. The summed E-state index contributed by atoms with van der Waals surface area (Å²) in [5.41, 5.74) is -0.382. The highest BCUT2D eigenvalue weighted by Crippen LogP contribution is 2.35. The fraction of sp³-hybridized carbons (Fsp3) is 0.588. The Morgan fingerprint density at radius 3 is 2.80 bits per heavy atom. The van der Waals surface area contributed by atoms with Crippen molar-refractivity contribution in [3.8, 4) is 0 Å². The molecule has 1 fully saturated rings. The second-order valence-electron chi connectivity index (χ2n) is 8.07. The van der Waals surface area contributed by atoms with Crippen LogP contribution in [0.3, 0.4) is 0 Å². The van der Waals surface area contributed by atoms with Crippen LogP contribution in [0.1, 0.15) is 38.9 Å². The van der Waals surface area contributed by atoms with Crippen LogP contribution in [-0.4, -0.2) is 68.8 Å². The molecule has 2 aromatic heterocycles. The fourth-order valence-electron chi connectivity index (χ4n) is 3.93. The van der Waals surface area contributed by atoms with Crippen molar-refractivity contribution < 1.29 is 18.3 Å². The Morgan fingerprint density at radius 1 is 1.43 bits per heavy atom. The Morgan fingerprint density at radius 2 is 2.20 bits per heavy atom. The lowest BCUT2D eigenvalue weighted by atomic mass is 9.93. The number of hydrogen-bond donors (Lipinski definition) is 3. The number of H-pyrrole nitrogens is 1. The quantitative estimate of drug-likeness (QED) is 0.539. The number of carbonyl (C=O) groups is 1. The minimum absolute atomic E-state index is 0.213. The van der Waals surface area contributed by atoms with Gasteiger partial charge in [-0.15, -0.1) is 5.10 Å². The minimum atomic E-state index is -3.93. The van der Waals surface area contributed by atoms with E-state index in [9.17, 15) is 18.3 Å². The van der Waals surface area contributed by atoms with Crippen molar-refractivity contribution in [1.29, 1.82) is 0 Å². The van der Waals surface area contributed by atoms with Gasteiger partial charge in [-0.3, -0.25) is 0 Å². The van der Waals surface area contributed by atoms with Gasteiger partial charge in [0.05, 0.1) is 6.54 Å². The number of aromatic amines is 1. The molecule has 3 rings (SSSR count). The highest BCUT2D eigenvalue weighted by atomic mass is 32.2. The van der Waals surface area contributed by atoms with Gasteiger partial charge in [0.2, 0.25) is 0 Å². The number of tetrazole rings is 1. The maximum atomic E-state index is 11.7. The van der Waals surface area contributed by atoms with Crippen molar-refractivity contribution in [2.24, 2.45) is 11.1 Å². The number of sulfonamides is 1. The van der Waals surface area contributed by atoms with E-state index >= 15 is 0 Å². The first kappa shape index (κ1) is 21.9. The lowest BCUT2D eigenvalue weighted by Gasteiger charge is -2.28. The molecule has 3 heterocycles. The maximum absolute atomic E-state index is 11.7. The van der Waals surface area contributed by atoms with Crippen LogP contribution in [0.15, 0.2) is 23.2 Å². The van der Waals surface area contributed by atoms with Crippen molar-refractivity contribution in [1.82, 2.24) is 30.5 Å². The number of rotatable bonds is 8. The number of nitrogens with one attached hydrogen (secondary N) is 1. The van der Waals surface area contributed by atoms with E-state index in [1.807, 2.05) is 18.7 Å². The summed E-state index contributed by atoms with van der Waals surface area (Å²) in [7, 11) is -3.93. The molecule has 0 aromatic carbocycles. The average Bonchev–Trinajstić information content (AvgIpc) is 3.27. The van der Waals surface area contributed by atoms with Gasteiger partial charge in [-0.25, -0.2) is 28.4 Å². The smallest absolute Gasteiger partial charge is 0.407 e. The van der Waals surface area contributed by atoms with Crippen LogP contribution in [0.5, 0.6) is 0 Å². The summed E-state index contributed by atoms with van der Waals surface area (Å²) in [6.07, 6.45) is 1.49. The molecule has 2 aromatic rings. The zero-order valence-corrected chi connectivity index (χ0v) is 17.7. The van der Waals surface area contributed by atoms with Crippen LogP contribution < -0.4 is 10.0 Å². The van der Waals surface area contributed by atoms with E-state index in [2.05, 4.69) is 25.6 Å². The van der Waals surface area contributed by atoms with Gasteiger partial charge < -0.3 is 14.9 Å². The van der Waals surface area contributed by atoms with E-state index in [4.69, 9.17) is 5.14 Å². The lowest BCUT2D eigenvalue weighted by Crippen LogP contribution is -2.41. The van der Waals surface area contributed by atoms with Crippen LogP contribution >= 0.6 is 0 Å². The number of nitrogens with zero attached hydrogens (tertiary/aromatic N) is 6. The molecule has 0 unspecified atom stereocenters. The molecule has 1 aliphatic heterocycles. The average molecular weight is 439 g/mol. The molecule has 1 atom stereocenters. The molecule has 0 bridgehead atoms.